The van der Waals surface area contributed by atoms with Crippen LogP contribution in [0.2, 0.25) is 0 Å². The lowest BCUT2D eigenvalue weighted by Crippen LogP contribution is -2.56. The zero-order valence-corrected chi connectivity index (χ0v) is 19.6. The summed E-state index contributed by atoms with van der Waals surface area (Å²) in [5, 5.41) is 22.1. The first-order valence-electron chi connectivity index (χ1n) is 11.3. The first-order chi connectivity index (χ1) is 16.7. The number of aliphatic carboxylic acids is 1. The number of carbonyl (C=O) groups is 4. The van der Waals surface area contributed by atoms with Crippen LogP contribution in [0.25, 0.3) is 5.70 Å². The minimum atomic E-state index is -1.84. The van der Waals surface area contributed by atoms with Gasteiger partial charge in [0.1, 0.15) is 12.6 Å². The zero-order chi connectivity index (χ0) is 25.5. The molecule has 0 aromatic heterocycles. The van der Waals surface area contributed by atoms with E-state index in [4.69, 9.17) is 0 Å². The highest BCUT2D eigenvalue weighted by atomic mass is 16.4. The Labute approximate surface area is 203 Å². The SMILES string of the molecule is CC(C)C1C(=O)N(CC(=O)N[C@@H](Cc2ccccc2)C(O)C(=O)O)C(c2ccccc2)=CN1C=O. The molecule has 184 valence electrons. The van der Waals surface area contributed by atoms with Crippen LogP contribution in [0.5, 0.6) is 0 Å². The van der Waals surface area contributed by atoms with E-state index < -0.39 is 42.5 Å². The van der Waals surface area contributed by atoms with Gasteiger partial charge in [0.05, 0.1) is 11.7 Å². The molecule has 1 heterocycles. The Morgan fingerprint density at radius 3 is 2.20 bits per heavy atom. The largest absolute Gasteiger partial charge is 0.479 e. The van der Waals surface area contributed by atoms with Crippen LogP contribution in [0.1, 0.15) is 25.0 Å². The molecule has 0 bridgehead atoms. The summed E-state index contributed by atoms with van der Waals surface area (Å²) in [6.45, 7) is 3.20. The van der Waals surface area contributed by atoms with Crippen molar-refractivity contribution in [2.24, 2.45) is 5.92 Å². The van der Waals surface area contributed by atoms with Gasteiger partial charge in [-0.2, -0.15) is 0 Å². The van der Waals surface area contributed by atoms with Gasteiger partial charge in [0, 0.05) is 6.20 Å². The Bertz CT molecular complexity index is 1090. The first kappa shape index (κ1) is 25.6. The third-order valence-corrected chi connectivity index (χ3v) is 5.81. The van der Waals surface area contributed by atoms with Gasteiger partial charge in [0.15, 0.2) is 6.10 Å². The Kier molecular flexibility index (Phi) is 8.38. The van der Waals surface area contributed by atoms with E-state index in [0.717, 1.165) is 5.56 Å². The van der Waals surface area contributed by atoms with E-state index >= 15 is 0 Å². The summed E-state index contributed by atoms with van der Waals surface area (Å²) in [4.78, 5) is 52.3. The Morgan fingerprint density at radius 2 is 1.66 bits per heavy atom. The molecule has 0 saturated carbocycles. The van der Waals surface area contributed by atoms with Gasteiger partial charge in [0.2, 0.25) is 12.3 Å². The van der Waals surface area contributed by atoms with Crippen molar-refractivity contribution in [3.63, 3.8) is 0 Å². The number of carbonyl (C=O) groups excluding carboxylic acids is 3. The summed E-state index contributed by atoms with van der Waals surface area (Å²) < 4.78 is 0. The number of aliphatic hydroxyl groups is 1. The molecule has 9 nitrogen and oxygen atoms in total. The van der Waals surface area contributed by atoms with Crippen LogP contribution in [-0.2, 0) is 25.6 Å². The minimum absolute atomic E-state index is 0.0862. The second kappa shape index (κ2) is 11.4. The Balaban J connectivity index is 1.89. The fourth-order valence-electron chi connectivity index (χ4n) is 4.10. The van der Waals surface area contributed by atoms with Gasteiger partial charge in [-0.3, -0.25) is 19.3 Å². The summed E-state index contributed by atoms with van der Waals surface area (Å²) in [6, 6.07) is 15.8. The van der Waals surface area contributed by atoms with Crippen LogP contribution >= 0.6 is 0 Å². The number of amides is 3. The summed E-state index contributed by atoms with van der Waals surface area (Å²) in [7, 11) is 0. The van der Waals surface area contributed by atoms with Gasteiger partial charge >= 0.3 is 5.97 Å². The number of benzene rings is 2. The van der Waals surface area contributed by atoms with Crippen molar-refractivity contribution in [3.05, 3.63) is 78.0 Å². The van der Waals surface area contributed by atoms with Gasteiger partial charge in [-0.05, 0) is 23.5 Å². The van der Waals surface area contributed by atoms with Gasteiger partial charge in [-0.1, -0.05) is 74.5 Å². The molecule has 2 aromatic rings. The quantitative estimate of drug-likeness (QED) is 0.443. The smallest absolute Gasteiger partial charge is 0.334 e. The summed E-state index contributed by atoms with van der Waals surface area (Å²) in [6.07, 6.45) is 0.370. The predicted molar refractivity (Wildman–Crippen MR) is 128 cm³/mol. The van der Waals surface area contributed by atoms with Crippen molar-refractivity contribution in [1.29, 1.82) is 0 Å². The molecule has 1 aliphatic heterocycles. The van der Waals surface area contributed by atoms with Crippen molar-refractivity contribution in [1.82, 2.24) is 15.1 Å². The van der Waals surface area contributed by atoms with E-state index in [1.165, 1.54) is 16.0 Å². The summed E-state index contributed by atoms with van der Waals surface area (Å²) in [5.74, 6) is -2.75. The van der Waals surface area contributed by atoms with Crippen molar-refractivity contribution in [3.8, 4) is 0 Å². The lowest BCUT2D eigenvalue weighted by molar-refractivity contribution is -0.149. The lowest BCUT2D eigenvalue weighted by atomic mass is 9.97. The second-order valence-corrected chi connectivity index (χ2v) is 8.69. The molecule has 0 spiro atoms. The van der Waals surface area contributed by atoms with Crippen molar-refractivity contribution in [2.45, 2.75) is 38.5 Å². The highest BCUT2D eigenvalue weighted by Gasteiger charge is 2.39. The number of nitrogens with zero attached hydrogens (tertiary/aromatic N) is 2. The molecule has 0 saturated heterocycles. The predicted octanol–water partition coefficient (Wildman–Crippen LogP) is 1.48. The number of hydrogen-bond donors (Lipinski definition) is 3. The second-order valence-electron chi connectivity index (χ2n) is 8.69. The number of aliphatic hydroxyl groups excluding tert-OH is 1. The summed E-state index contributed by atoms with van der Waals surface area (Å²) >= 11 is 0. The lowest BCUT2D eigenvalue weighted by Gasteiger charge is -2.39. The number of nitrogens with one attached hydrogen (secondary N) is 1. The van der Waals surface area contributed by atoms with Crippen molar-refractivity contribution in [2.75, 3.05) is 6.54 Å². The van der Waals surface area contributed by atoms with E-state index in [0.29, 0.717) is 17.7 Å². The van der Waals surface area contributed by atoms with Gasteiger partial charge in [-0.15, -0.1) is 0 Å². The van der Waals surface area contributed by atoms with Crippen LogP contribution in [0.4, 0.5) is 0 Å². The van der Waals surface area contributed by atoms with E-state index in [2.05, 4.69) is 5.32 Å². The third kappa shape index (κ3) is 6.13. The molecule has 0 radical (unpaired) electrons. The molecule has 2 unspecified atom stereocenters. The van der Waals surface area contributed by atoms with E-state index in [1.807, 2.05) is 6.07 Å². The maximum absolute atomic E-state index is 13.4. The summed E-state index contributed by atoms with van der Waals surface area (Å²) in [5.41, 5.74) is 1.74. The van der Waals surface area contributed by atoms with Crippen molar-refractivity contribution < 1.29 is 29.4 Å². The van der Waals surface area contributed by atoms with Crippen LogP contribution in [0, 0.1) is 5.92 Å². The fraction of sp³-hybridized carbons (Fsp3) is 0.308. The number of carboxylic acids is 1. The molecule has 3 atom stereocenters. The first-order valence-corrected chi connectivity index (χ1v) is 11.3. The number of carboxylic acid groups (broad SMARTS) is 1. The highest BCUT2D eigenvalue weighted by Crippen LogP contribution is 2.29. The molecular weight excluding hydrogens is 450 g/mol. The molecule has 3 rings (SSSR count). The monoisotopic (exact) mass is 479 g/mol. The van der Waals surface area contributed by atoms with E-state index in [-0.39, 0.29) is 12.3 Å². The number of rotatable bonds is 10. The van der Waals surface area contributed by atoms with Crippen molar-refractivity contribution >= 4 is 29.9 Å². The van der Waals surface area contributed by atoms with E-state index in [1.54, 1.807) is 68.4 Å². The van der Waals surface area contributed by atoms with Crippen LogP contribution in [0.3, 0.4) is 0 Å². The third-order valence-electron chi connectivity index (χ3n) is 5.81. The topological polar surface area (TPSA) is 127 Å². The molecule has 2 aromatic carbocycles. The molecular formula is C26H29N3O6. The maximum Gasteiger partial charge on any atom is 0.334 e. The van der Waals surface area contributed by atoms with Crippen LogP contribution < -0.4 is 5.32 Å². The average Bonchev–Trinajstić information content (AvgIpc) is 2.84. The average molecular weight is 480 g/mol. The van der Waals surface area contributed by atoms with Crippen LogP contribution in [0.15, 0.2) is 66.9 Å². The molecule has 0 fully saturated rings. The standard InChI is InChI=1S/C26H29N3O6/c1-17(2)23-25(33)29(21(14-28(23)16-30)19-11-7-4-8-12-19)15-22(31)27-20(24(32)26(34)35)13-18-9-5-3-6-10-18/h3-12,14,16-17,20,23-24,32H,13,15H2,1-2H3,(H,27,31)(H,34,35)/t20-,23?,24?/m0/s1. The molecule has 1 aliphatic rings. The Hall–Kier alpha value is -3.98. The highest BCUT2D eigenvalue weighted by molar-refractivity contribution is 5.98. The Morgan fingerprint density at radius 1 is 1.06 bits per heavy atom. The van der Waals surface area contributed by atoms with E-state index in [9.17, 15) is 29.4 Å². The molecule has 35 heavy (non-hydrogen) atoms. The number of hydrogen-bond acceptors (Lipinski definition) is 5. The molecule has 3 amide bonds. The fourth-order valence-corrected chi connectivity index (χ4v) is 4.10. The zero-order valence-electron chi connectivity index (χ0n) is 19.6. The normalized spacial score (nSPS) is 17.5. The maximum atomic E-state index is 13.4. The van der Waals surface area contributed by atoms with Crippen LogP contribution in [-0.4, -0.2) is 68.9 Å². The van der Waals surface area contributed by atoms with Gasteiger partial charge < -0.3 is 20.4 Å². The van der Waals surface area contributed by atoms with Gasteiger partial charge in [-0.25, -0.2) is 4.79 Å². The molecule has 0 aliphatic carbocycles. The van der Waals surface area contributed by atoms with Gasteiger partial charge in [0.25, 0.3) is 5.91 Å². The minimum Gasteiger partial charge on any atom is -0.479 e. The molecule has 9 heteroatoms. The molecule has 3 N–H and O–H groups in total.